The fraction of sp³-hybridized carbons (Fsp3) is 0.273. The average Bonchev–Trinajstić information content (AvgIpc) is 3.12. The largest absolute Gasteiger partial charge is 0.496 e. The van der Waals surface area contributed by atoms with E-state index in [0.717, 1.165) is 53.9 Å². The third-order valence-electron chi connectivity index (χ3n) is 5.10. The molecule has 0 radical (unpaired) electrons. The van der Waals surface area contributed by atoms with E-state index in [1.165, 1.54) is 12.1 Å². The molecule has 5 nitrogen and oxygen atoms in total. The molecule has 1 aliphatic rings. The first-order chi connectivity index (χ1) is 13.7. The van der Waals surface area contributed by atoms with Gasteiger partial charge in [0.05, 0.1) is 12.8 Å². The number of carbonyl (C=O) groups is 1. The van der Waals surface area contributed by atoms with E-state index in [9.17, 15) is 9.18 Å². The lowest BCUT2D eigenvalue weighted by atomic mass is 9.95. The van der Waals surface area contributed by atoms with Gasteiger partial charge in [0.15, 0.2) is 5.69 Å². The summed E-state index contributed by atoms with van der Waals surface area (Å²) in [4.78, 5) is 12.9. The molecule has 1 amide bonds. The van der Waals surface area contributed by atoms with Crippen molar-refractivity contribution in [3.05, 3.63) is 76.9 Å². The van der Waals surface area contributed by atoms with Crippen molar-refractivity contribution in [3.8, 4) is 11.4 Å². The Kier molecular flexibility index (Phi) is 5.10. The quantitative estimate of drug-likeness (QED) is 0.733. The van der Waals surface area contributed by atoms with Gasteiger partial charge in [-0.1, -0.05) is 18.2 Å². The van der Waals surface area contributed by atoms with E-state index in [0.29, 0.717) is 12.2 Å². The molecular weight excluding hydrogens is 357 g/mol. The number of rotatable bonds is 5. The molecular formula is C22H22FN3O2. The molecule has 28 heavy (non-hydrogen) atoms. The molecule has 0 unspecified atom stereocenters. The zero-order valence-electron chi connectivity index (χ0n) is 15.7. The zero-order chi connectivity index (χ0) is 19.5. The zero-order valence-corrected chi connectivity index (χ0v) is 15.7. The van der Waals surface area contributed by atoms with E-state index in [-0.39, 0.29) is 11.7 Å². The number of aromatic nitrogens is 2. The van der Waals surface area contributed by atoms with Crippen molar-refractivity contribution in [3.63, 3.8) is 0 Å². The van der Waals surface area contributed by atoms with Crippen molar-refractivity contribution < 1.29 is 13.9 Å². The van der Waals surface area contributed by atoms with Crippen LogP contribution >= 0.6 is 0 Å². The number of amides is 1. The Labute approximate surface area is 163 Å². The highest BCUT2D eigenvalue weighted by atomic mass is 19.1. The molecule has 0 fully saturated rings. The molecule has 1 aliphatic carbocycles. The number of nitrogens with one attached hydrogen (secondary N) is 1. The Balaban J connectivity index is 1.62. The predicted octanol–water partition coefficient (Wildman–Crippen LogP) is 3.83. The van der Waals surface area contributed by atoms with E-state index in [4.69, 9.17) is 4.74 Å². The lowest BCUT2D eigenvalue weighted by Crippen LogP contribution is -2.25. The maximum absolute atomic E-state index is 13.3. The van der Waals surface area contributed by atoms with E-state index in [1.807, 2.05) is 24.3 Å². The molecule has 1 N–H and O–H groups in total. The molecule has 0 bridgehead atoms. The van der Waals surface area contributed by atoms with Crippen LogP contribution in [0.4, 0.5) is 4.39 Å². The van der Waals surface area contributed by atoms with Crippen LogP contribution in [0.1, 0.15) is 40.2 Å². The summed E-state index contributed by atoms with van der Waals surface area (Å²) in [6.07, 6.45) is 3.78. The predicted molar refractivity (Wildman–Crippen MR) is 104 cm³/mol. The summed E-state index contributed by atoms with van der Waals surface area (Å²) in [5, 5.41) is 7.56. The maximum Gasteiger partial charge on any atom is 0.272 e. The number of halogens is 1. The van der Waals surface area contributed by atoms with Crippen LogP contribution in [0.25, 0.3) is 5.69 Å². The number of para-hydroxylation sites is 1. The Morgan fingerprint density at radius 2 is 1.89 bits per heavy atom. The average molecular weight is 379 g/mol. The van der Waals surface area contributed by atoms with Crippen molar-refractivity contribution in [2.75, 3.05) is 7.11 Å². The first-order valence-electron chi connectivity index (χ1n) is 9.44. The highest BCUT2D eigenvalue weighted by molar-refractivity contribution is 5.94. The highest BCUT2D eigenvalue weighted by Crippen LogP contribution is 2.27. The number of fused-ring (bicyclic) bond motifs is 1. The van der Waals surface area contributed by atoms with Crippen LogP contribution in [0.5, 0.6) is 5.75 Å². The van der Waals surface area contributed by atoms with Crippen LogP contribution in [0.15, 0.2) is 48.5 Å². The van der Waals surface area contributed by atoms with Crippen molar-refractivity contribution in [1.29, 1.82) is 0 Å². The Bertz CT molecular complexity index is 996. The Hall–Kier alpha value is -3.15. The highest BCUT2D eigenvalue weighted by Gasteiger charge is 2.25. The summed E-state index contributed by atoms with van der Waals surface area (Å²) in [5.41, 5.74) is 4.16. The molecule has 0 spiro atoms. The van der Waals surface area contributed by atoms with E-state index >= 15 is 0 Å². The molecule has 0 saturated carbocycles. The summed E-state index contributed by atoms with van der Waals surface area (Å²) in [7, 11) is 1.61. The lowest BCUT2D eigenvalue weighted by molar-refractivity contribution is 0.0944. The number of nitrogens with zero attached hydrogens (tertiary/aromatic N) is 2. The first kappa shape index (κ1) is 18.2. The first-order valence-corrected chi connectivity index (χ1v) is 9.44. The molecule has 0 aliphatic heterocycles. The fourth-order valence-electron chi connectivity index (χ4n) is 3.69. The third-order valence-corrected chi connectivity index (χ3v) is 5.10. The molecule has 0 atom stereocenters. The minimum Gasteiger partial charge on any atom is -0.496 e. The standard InChI is InChI=1S/C22H22FN3O2/c1-28-20-9-5-2-6-15(20)14-24-22(27)21-18-7-3-4-8-19(18)26(25-21)17-12-10-16(23)11-13-17/h2,5-6,9-13H,3-4,7-8,14H2,1H3,(H,24,27). The van der Waals surface area contributed by atoms with Gasteiger partial charge in [-0.15, -0.1) is 0 Å². The minimum absolute atomic E-state index is 0.204. The molecule has 1 aromatic heterocycles. The number of benzene rings is 2. The van der Waals surface area contributed by atoms with Gasteiger partial charge in [-0.3, -0.25) is 4.79 Å². The second-order valence-corrected chi connectivity index (χ2v) is 6.86. The van der Waals surface area contributed by atoms with Crippen LogP contribution < -0.4 is 10.1 Å². The van der Waals surface area contributed by atoms with Crippen LogP contribution in [-0.4, -0.2) is 22.8 Å². The summed E-state index contributed by atoms with van der Waals surface area (Å²) >= 11 is 0. The van der Waals surface area contributed by atoms with Gasteiger partial charge in [-0.2, -0.15) is 5.10 Å². The third kappa shape index (κ3) is 3.50. The fourth-order valence-corrected chi connectivity index (χ4v) is 3.69. The molecule has 1 heterocycles. The molecule has 3 aromatic rings. The van der Waals surface area contributed by atoms with Crippen molar-refractivity contribution in [2.24, 2.45) is 0 Å². The second kappa shape index (κ2) is 7.84. The van der Waals surface area contributed by atoms with Gasteiger partial charge < -0.3 is 10.1 Å². The molecule has 6 heteroatoms. The summed E-state index contributed by atoms with van der Waals surface area (Å²) in [5.74, 6) is 0.242. The lowest BCUT2D eigenvalue weighted by Gasteiger charge is -2.14. The summed E-state index contributed by atoms with van der Waals surface area (Å²) in [6, 6.07) is 13.8. The van der Waals surface area contributed by atoms with Gasteiger partial charge in [0.25, 0.3) is 5.91 Å². The summed E-state index contributed by atoms with van der Waals surface area (Å²) < 4.78 is 20.4. The van der Waals surface area contributed by atoms with Crippen LogP contribution in [-0.2, 0) is 19.4 Å². The van der Waals surface area contributed by atoms with E-state index in [2.05, 4.69) is 10.4 Å². The van der Waals surface area contributed by atoms with Crippen molar-refractivity contribution >= 4 is 5.91 Å². The van der Waals surface area contributed by atoms with E-state index in [1.54, 1.807) is 23.9 Å². The van der Waals surface area contributed by atoms with E-state index < -0.39 is 0 Å². The second-order valence-electron chi connectivity index (χ2n) is 6.86. The van der Waals surface area contributed by atoms with Crippen LogP contribution in [0.3, 0.4) is 0 Å². The molecule has 0 saturated heterocycles. The smallest absolute Gasteiger partial charge is 0.272 e. The Morgan fingerprint density at radius 1 is 1.14 bits per heavy atom. The van der Waals surface area contributed by atoms with Crippen LogP contribution in [0, 0.1) is 5.82 Å². The van der Waals surface area contributed by atoms with Crippen molar-refractivity contribution in [2.45, 2.75) is 32.2 Å². The summed E-state index contributed by atoms with van der Waals surface area (Å²) in [6.45, 7) is 0.362. The number of ether oxygens (including phenoxy) is 1. The normalized spacial score (nSPS) is 13.1. The van der Waals surface area contributed by atoms with Gasteiger partial charge in [-0.05, 0) is 56.0 Å². The van der Waals surface area contributed by atoms with Gasteiger partial charge in [-0.25, -0.2) is 9.07 Å². The number of carbonyl (C=O) groups excluding carboxylic acids is 1. The Morgan fingerprint density at radius 3 is 2.68 bits per heavy atom. The van der Waals surface area contributed by atoms with Gasteiger partial charge in [0.2, 0.25) is 0 Å². The number of methoxy groups -OCH3 is 1. The SMILES string of the molecule is COc1ccccc1CNC(=O)c1nn(-c2ccc(F)cc2)c2c1CCCC2. The number of hydrogen-bond donors (Lipinski definition) is 1. The van der Waals surface area contributed by atoms with Gasteiger partial charge in [0, 0.05) is 23.4 Å². The minimum atomic E-state index is -0.292. The topological polar surface area (TPSA) is 56.1 Å². The van der Waals surface area contributed by atoms with Gasteiger partial charge >= 0.3 is 0 Å². The number of hydrogen-bond acceptors (Lipinski definition) is 3. The molecule has 2 aromatic carbocycles. The molecule has 144 valence electrons. The molecule has 4 rings (SSSR count). The monoisotopic (exact) mass is 379 g/mol. The van der Waals surface area contributed by atoms with Crippen LogP contribution in [0.2, 0.25) is 0 Å². The van der Waals surface area contributed by atoms with Crippen molar-refractivity contribution in [1.82, 2.24) is 15.1 Å². The maximum atomic E-state index is 13.3. The van der Waals surface area contributed by atoms with Gasteiger partial charge in [0.1, 0.15) is 11.6 Å².